The Balaban J connectivity index is 2.91. The third kappa shape index (κ3) is 3.49. The summed E-state index contributed by atoms with van der Waals surface area (Å²) in [6.07, 6.45) is -1.97. The molecule has 0 amide bonds. The Morgan fingerprint density at radius 2 is 2.18 bits per heavy atom. The van der Waals surface area contributed by atoms with Crippen molar-refractivity contribution in [1.29, 1.82) is 5.26 Å². The molecule has 2 atom stereocenters. The topological polar surface area (TPSA) is 76.3 Å². The number of nitriles is 1. The van der Waals surface area contributed by atoms with Crippen LogP contribution >= 0.6 is 0 Å². The zero-order valence-corrected chi connectivity index (χ0v) is 9.52. The van der Waals surface area contributed by atoms with Gasteiger partial charge in [0.15, 0.2) is 0 Å². The van der Waals surface area contributed by atoms with Crippen molar-refractivity contribution < 1.29 is 14.6 Å². The molecule has 0 radical (unpaired) electrons. The lowest BCUT2D eigenvalue weighted by Crippen LogP contribution is -2.24. The summed E-state index contributed by atoms with van der Waals surface area (Å²) in [5.41, 5.74) is 0.290. The number of hydrogen-bond acceptors (Lipinski definition) is 4. The molecule has 0 saturated heterocycles. The maximum atomic E-state index is 13.0. The van der Waals surface area contributed by atoms with Crippen LogP contribution in [0.3, 0.4) is 0 Å². The normalized spacial score (nSPS) is 14.1. The van der Waals surface area contributed by atoms with Gasteiger partial charge < -0.3 is 15.5 Å². The van der Waals surface area contributed by atoms with Crippen molar-refractivity contribution >= 4 is 0 Å². The van der Waals surface area contributed by atoms with Gasteiger partial charge in [-0.3, -0.25) is 0 Å². The van der Waals surface area contributed by atoms with Gasteiger partial charge in [0.25, 0.3) is 0 Å². The lowest BCUT2D eigenvalue weighted by molar-refractivity contribution is 0.0137. The van der Waals surface area contributed by atoms with Gasteiger partial charge in [-0.2, -0.15) is 5.26 Å². The Bertz CT molecular complexity index is 417. The van der Waals surface area contributed by atoms with Crippen molar-refractivity contribution in [2.24, 2.45) is 0 Å². The first-order valence-electron chi connectivity index (χ1n) is 5.30. The van der Waals surface area contributed by atoms with Gasteiger partial charge in [-0.05, 0) is 38.2 Å². The van der Waals surface area contributed by atoms with Gasteiger partial charge in [0.1, 0.15) is 11.9 Å². The average molecular weight is 238 g/mol. The third-order valence-corrected chi connectivity index (χ3v) is 2.51. The molecule has 0 heterocycles. The van der Waals surface area contributed by atoms with Gasteiger partial charge in [-0.25, -0.2) is 4.39 Å². The van der Waals surface area contributed by atoms with E-state index < -0.39 is 18.0 Å². The average Bonchev–Trinajstić information content (AvgIpc) is 2.34. The molecule has 0 aliphatic rings. The molecule has 0 spiro atoms. The van der Waals surface area contributed by atoms with Crippen LogP contribution in [0.5, 0.6) is 0 Å². The Kier molecular flexibility index (Phi) is 5.04. The Labute approximate surface area is 99.3 Å². The van der Waals surface area contributed by atoms with E-state index in [0.29, 0.717) is 13.0 Å². The van der Waals surface area contributed by atoms with Crippen LogP contribution in [0.1, 0.15) is 23.7 Å². The van der Waals surface area contributed by atoms with E-state index in [4.69, 9.17) is 5.26 Å². The maximum Gasteiger partial charge on any atom is 0.123 e. The predicted octanol–water partition coefficient (Wildman–Crippen LogP) is 0.701. The number of aliphatic hydroxyl groups is 2. The first-order chi connectivity index (χ1) is 8.10. The molecular formula is C12H15FN2O2. The highest BCUT2D eigenvalue weighted by Gasteiger charge is 2.21. The highest BCUT2D eigenvalue weighted by Crippen LogP contribution is 2.23. The molecule has 17 heavy (non-hydrogen) atoms. The summed E-state index contributed by atoms with van der Waals surface area (Å²) in [5.74, 6) is -0.543. The van der Waals surface area contributed by atoms with Gasteiger partial charge >= 0.3 is 0 Å². The van der Waals surface area contributed by atoms with E-state index in [-0.39, 0.29) is 11.1 Å². The van der Waals surface area contributed by atoms with E-state index in [1.807, 2.05) is 6.07 Å². The molecule has 1 aromatic carbocycles. The second-order valence-corrected chi connectivity index (χ2v) is 3.75. The maximum absolute atomic E-state index is 13.0. The minimum absolute atomic E-state index is 0.121. The van der Waals surface area contributed by atoms with Crippen molar-refractivity contribution in [3.63, 3.8) is 0 Å². The molecule has 5 heteroatoms. The second-order valence-electron chi connectivity index (χ2n) is 3.75. The van der Waals surface area contributed by atoms with E-state index in [2.05, 4.69) is 5.32 Å². The van der Waals surface area contributed by atoms with E-state index in [9.17, 15) is 14.6 Å². The van der Waals surface area contributed by atoms with Crippen LogP contribution in [0.15, 0.2) is 18.2 Å². The Morgan fingerprint density at radius 3 is 2.76 bits per heavy atom. The minimum Gasteiger partial charge on any atom is -0.390 e. The van der Waals surface area contributed by atoms with Crippen molar-refractivity contribution in [1.82, 2.24) is 5.32 Å². The fraction of sp³-hybridized carbons (Fsp3) is 0.417. The highest BCUT2D eigenvalue weighted by molar-refractivity contribution is 5.39. The number of hydrogen-bond donors (Lipinski definition) is 3. The first-order valence-corrected chi connectivity index (χ1v) is 5.30. The number of rotatable bonds is 5. The summed E-state index contributed by atoms with van der Waals surface area (Å²) in [7, 11) is 1.72. The standard InChI is InChI=1S/C12H15FN2O2/c1-15-5-4-11(16)12(17)10-6-9(13)3-2-8(10)7-14/h2-3,6,11-12,15-17H,4-5H2,1H3. The predicted molar refractivity (Wildman–Crippen MR) is 60.6 cm³/mol. The summed E-state index contributed by atoms with van der Waals surface area (Å²) in [4.78, 5) is 0. The van der Waals surface area contributed by atoms with Crippen LogP contribution in [-0.4, -0.2) is 29.9 Å². The van der Waals surface area contributed by atoms with E-state index in [0.717, 1.165) is 12.1 Å². The molecule has 4 nitrogen and oxygen atoms in total. The molecule has 2 unspecified atom stereocenters. The molecule has 0 aromatic heterocycles. The van der Waals surface area contributed by atoms with Crippen molar-refractivity contribution in [3.8, 4) is 6.07 Å². The number of halogens is 1. The second kappa shape index (κ2) is 6.30. The van der Waals surface area contributed by atoms with Crippen LogP contribution in [0.4, 0.5) is 4.39 Å². The zero-order chi connectivity index (χ0) is 12.8. The largest absolute Gasteiger partial charge is 0.390 e. The van der Waals surface area contributed by atoms with Gasteiger partial charge in [-0.15, -0.1) is 0 Å². The quantitative estimate of drug-likeness (QED) is 0.705. The third-order valence-electron chi connectivity index (χ3n) is 2.51. The molecular weight excluding hydrogens is 223 g/mol. The zero-order valence-electron chi connectivity index (χ0n) is 9.52. The summed E-state index contributed by atoms with van der Waals surface area (Å²) in [5, 5.41) is 31.2. The van der Waals surface area contributed by atoms with Gasteiger partial charge in [0.2, 0.25) is 0 Å². The first kappa shape index (κ1) is 13.6. The van der Waals surface area contributed by atoms with Crippen LogP contribution < -0.4 is 5.32 Å². The van der Waals surface area contributed by atoms with Gasteiger partial charge in [0, 0.05) is 5.56 Å². The van der Waals surface area contributed by atoms with E-state index in [1.165, 1.54) is 6.07 Å². The van der Waals surface area contributed by atoms with E-state index >= 15 is 0 Å². The number of aliphatic hydroxyl groups excluding tert-OH is 2. The molecule has 92 valence electrons. The SMILES string of the molecule is CNCCC(O)C(O)c1cc(F)ccc1C#N. The fourth-order valence-electron chi connectivity index (χ4n) is 1.54. The number of benzene rings is 1. The minimum atomic E-state index is -1.26. The van der Waals surface area contributed by atoms with Crippen molar-refractivity contribution in [2.75, 3.05) is 13.6 Å². The lowest BCUT2D eigenvalue weighted by atomic mass is 9.97. The molecule has 1 aromatic rings. The number of nitrogens with zero attached hydrogens (tertiary/aromatic N) is 1. The smallest absolute Gasteiger partial charge is 0.123 e. The molecule has 0 aliphatic carbocycles. The molecule has 0 saturated carbocycles. The van der Waals surface area contributed by atoms with Crippen molar-refractivity contribution in [2.45, 2.75) is 18.6 Å². The fourth-order valence-corrected chi connectivity index (χ4v) is 1.54. The molecule has 0 bridgehead atoms. The Hall–Kier alpha value is -1.48. The molecule has 1 rings (SSSR count). The monoisotopic (exact) mass is 238 g/mol. The van der Waals surface area contributed by atoms with Crippen molar-refractivity contribution in [3.05, 3.63) is 35.1 Å². The summed E-state index contributed by atoms with van der Waals surface area (Å²) in [6.45, 7) is 0.523. The van der Waals surface area contributed by atoms with Gasteiger partial charge in [-0.1, -0.05) is 0 Å². The van der Waals surface area contributed by atoms with E-state index in [1.54, 1.807) is 7.05 Å². The van der Waals surface area contributed by atoms with Crippen LogP contribution in [-0.2, 0) is 0 Å². The van der Waals surface area contributed by atoms with Crippen LogP contribution in [0.25, 0.3) is 0 Å². The van der Waals surface area contributed by atoms with Crippen LogP contribution in [0, 0.1) is 17.1 Å². The summed E-state index contributed by atoms with van der Waals surface area (Å²) in [6, 6.07) is 5.37. The number of nitrogens with one attached hydrogen (secondary N) is 1. The summed E-state index contributed by atoms with van der Waals surface area (Å²) >= 11 is 0. The molecule has 0 aliphatic heterocycles. The molecule has 3 N–H and O–H groups in total. The van der Waals surface area contributed by atoms with Crippen LogP contribution in [0.2, 0.25) is 0 Å². The summed E-state index contributed by atoms with van der Waals surface area (Å²) < 4.78 is 13.0. The van der Waals surface area contributed by atoms with Gasteiger partial charge in [0.05, 0.1) is 17.7 Å². The molecule has 0 fully saturated rings. The Morgan fingerprint density at radius 1 is 1.47 bits per heavy atom. The highest BCUT2D eigenvalue weighted by atomic mass is 19.1. The lowest BCUT2D eigenvalue weighted by Gasteiger charge is -2.19.